The number of halogens is 1. The van der Waals surface area contributed by atoms with Gasteiger partial charge in [-0.2, -0.15) is 0 Å². The second kappa shape index (κ2) is 7.78. The van der Waals surface area contributed by atoms with E-state index in [9.17, 15) is 0 Å². The molecule has 0 aliphatic rings. The van der Waals surface area contributed by atoms with Gasteiger partial charge in [-0.25, -0.2) is 0 Å². The lowest BCUT2D eigenvalue weighted by Gasteiger charge is -2.15. The van der Waals surface area contributed by atoms with Crippen LogP contribution in [0.3, 0.4) is 0 Å². The molecule has 0 aliphatic carbocycles. The van der Waals surface area contributed by atoms with Crippen LogP contribution in [0.25, 0.3) is 0 Å². The molecule has 4 heteroatoms. The van der Waals surface area contributed by atoms with Gasteiger partial charge in [-0.05, 0) is 29.7 Å². The van der Waals surface area contributed by atoms with Gasteiger partial charge in [0.2, 0.25) is 0 Å². The van der Waals surface area contributed by atoms with E-state index in [4.69, 9.17) is 15.2 Å². The summed E-state index contributed by atoms with van der Waals surface area (Å²) in [5.41, 5.74) is 8.52. The van der Waals surface area contributed by atoms with Crippen LogP contribution in [0, 0.1) is 0 Å². The molecular weight excluding hydrogens is 274 g/mol. The van der Waals surface area contributed by atoms with Gasteiger partial charge < -0.3 is 15.2 Å². The van der Waals surface area contributed by atoms with Crippen molar-refractivity contribution in [3.8, 4) is 11.5 Å². The zero-order chi connectivity index (χ0) is 13.7. The fraction of sp³-hybridized carbons (Fsp3) is 0.250. The Morgan fingerprint density at radius 1 is 0.950 bits per heavy atom. The van der Waals surface area contributed by atoms with Crippen molar-refractivity contribution in [2.45, 2.75) is 12.5 Å². The van der Waals surface area contributed by atoms with Crippen molar-refractivity contribution >= 4 is 12.4 Å². The largest absolute Gasteiger partial charge is 0.493 e. The number of ether oxygens (including phenoxy) is 2. The maximum absolute atomic E-state index is 6.25. The van der Waals surface area contributed by atoms with Crippen molar-refractivity contribution in [1.82, 2.24) is 0 Å². The molecular formula is C16H20ClNO2. The molecule has 0 bridgehead atoms. The minimum Gasteiger partial charge on any atom is -0.493 e. The van der Waals surface area contributed by atoms with Crippen LogP contribution in [0.15, 0.2) is 48.5 Å². The SMILES string of the molecule is COc1ccc(C(N)Cc2ccccc2)cc1OC.Cl. The van der Waals surface area contributed by atoms with Crippen molar-refractivity contribution in [3.05, 3.63) is 59.7 Å². The van der Waals surface area contributed by atoms with Gasteiger partial charge in [-0.1, -0.05) is 36.4 Å². The Morgan fingerprint density at radius 2 is 1.60 bits per heavy atom. The zero-order valence-corrected chi connectivity index (χ0v) is 12.5. The standard InChI is InChI=1S/C16H19NO2.ClH/c1-18-15-9-8-13(11-16(15)19-2)14(17)10-12-6-4-3-5-7-12;/h3-9,11,14H,10,17H2,1-2H3;1H. The summed E-state index contributed by atoms with van der Waals surface area (Å²) < 4.78 is 10.5. The van der Waals surface area contributed by atoms with E-state index in [1.165, 1.54) is 5.56 Å². The lowest BCUT2D eigenvalue weighted by atomic mass is 9.99. The number of hydrogen-bond acceptors (Lipinski definition) is 3. The third-order valence-corrected chi connectivity index (χ3v) is 3.13. The fourth-order valence-corrected chi connectivity index (χ4v) is 2.07. The first-order valence-corrected chi connectivity index (χ1v) is 6.26. The Bertz CT molecular complexity index is 531. The highest BCUT2D eigenvalue weighted by Crippen LogP contribution is 2.30. The zero-order valence-electron chi connectivity index (χ0n) is 11.7. The summed E-state index contributed by atoms with van der Waals surface area (Å²) in [6, 6.07) is 16.0. The second-order valence-corrected chi connectivity index (χ2v) is 4.41. The monoisotopic (exact) mass is 293 g/mol. The molecule has 0 fully saturated rings. The van der Waals surface area contributed by atoms with Crippen LogP contribution >= 0.6 is 12.4 Å². The molecule has 0 radical (unpaired) electrons. The lowest BCUT2D eigenvalue weighted by molar-refractivity contribution is 0.354. The Labute approximate surface area is 126 Å². The first kappa shape index (κ1) is 16.3. The van der Waals surface area contributed by atoms with E-state index in [1.807, 2.05) is 36.4 Å². The molecule has 20 heavy (non-hydrogen) atoms. The molecule has 0 amide bonds. The predicted molar refractivity (Wildman–Crippen MR) is 83.9 cm³/mol. The fourth-order valence-electron chi connectivity index (χ4n) is 2.07. The van der Waals surface area contributed by atoms with Crippen LogP contribution in [0.4, 0.5) is 0 Å². The van der Waals surface area contributed by atoms with E-state index in [-0.39, 0.29) is 18.4 Å². The van der Waals surface area contributed by atoms with Crippen LogP contribution in [0.2, 0.25) is 0 Å². The van der Waals surface area contributed by atoms with Gasteiger partial charge in [0.1, 0.15) is 0 Å². The topological polar surface area (TPSA) is 44.5 Å². The van der Waals surface area contributed by atoms with E-state index in [0.29, 0.717) is 5.75 Å². The molecule has 0 spiro atoms. The number of methoxy groups -OCH3 is 2. The molecule has 0 aromatic heterocycles. The summed E-state index contributed by atoms with van der Waals surface area (Å²) in [6.07, 6.45) is 0.802. The smallest absolute Gasteiger partial charge is 0.161 e. The van der Waals surface area contributed by atoms with Crippen molar-refractivity contribution in [2.24, 2.45) is 5.73 Å². The highest BCUT2D eigenvalue weighted by molar-refractivity contribution is 5.85. The lowest BCUT2D eigenvalue weighted by Crippen LogP contribution is -2.13. The molecule has 0 saturated carbocycles. The molecule has 0 aliphatic heterocycles. The van der Waals surface area contributed by atoms with Crippen molar-refractivity contribution in [3.63, 3.8) is 0 Å². The Balaban J connectivity index is 0.00000200. The summed E-state index contributed by atoms with van der Waals surface area (Å²) in [6.45, 7) is 0. The summed E-state index contributed by atoms with van der Waals surface area (Å²) in [7, 11) is 3.26. The molecule has 2 N–H and O–H groups in total. The van der Waals surface area contributed by atoms with Gasteiger partial charge in [-0.3, -0.25) is 0 Å². The maximum atomic E-state index is 6.25. The Hall–Kier alpha value is -1.71. The molecule has 2 rings (SSSR count). The summed E-state index contributed by atoms with van der Waals surface area (Å²) in [4.78, 5) is 0. The van der Waals surface area contributed by atoms with Gasteiger partial charge in [-0.15, -0.1) is 12.4 Å². The normalized spacial score (nSPS) is 11.3. The van der Waals surface area contributed by atoms with E-state index in [1.54, 1.807) is 14.2 Å². The average molecular weight is 294 g/mol. The van der Waals surface area contributed by atoms with Crippen molar-refractivity contribution in [1.29, 1.82) is 0 Å². The molecule has 1 unspecified atom stereocenters. The quantitative estimate of drug-likeness (QED) is 0.919. The predicted octanol–water partition coefficient (Wildman–Crippen LogP) is 3.37. The maximum Gasteiger partial charge on any atom is 0.161 e. The van der Waals surface area contributed by atoms with Gasteiger partial charge in [0, 0.05) is 6.04 Å². The van der Waals surface area contributed by atoms with E-state index < -0.39 is 0 Å². The van der Waals surface area contributed by atoms with Crippen LogP contribution in [0.5, 0.6) is 11.5 Å². The molecule has 2 aromatic carbocycles. The second-order valence-electron chi connectivity index (χ2n) is 4.41. The third-order valence-electron chi connectivity index (χ3n) is 3.13. The van der Waals surface area contributed by atoms with Gasteiger partial charge in [0.25, 0.3) is 0 Å². The van der Waals surface area contributed by atoms with Crippen molar-refractivity contribution in [2.75, 3.05) is 14.2 Å². The molecule has 0 heterocycles. The Morgan fingerprint density at radius 3 is 2.20 bits per heavy atom. The number of nitrogens with two attached hydrogens (primary N) is 1. The minimum absolute atomic E-state index is 0. The summed E-state index contributed by atoms with van der Waals surface area (Å²) in [5, 5.41) is 0. The first-order chi connectivity index (χ1) is 9.24. The molecule has 0 saturated heterocycles. The van der Waals surface area contributed by atoms with Gasteiger partial charge >= 0.3 is 0 Å². The van der Waals surface area contributed by atoms with Gasteiger partial charge in [0.05, 0.1) is 14.2 Å². The molecule has 108 valence electrons. The van der Waals surface area contributed by atoms with Crippen LogP contribution in [-0.2, 0) is 6.42 Å². The highest BCUT2D eigenvalue weighted by Gasteiger charge is 2.11. The average Bonchev–Trinajstić information content (AvgIpc) is 2.47. The van der Waals surface area contributed by atoms with E-state index in [2.05, 4.69) is 12.1 Å². The molecule has 3 nitrogen and oxygen atoms in total. The van der Waals surface area contributed by atoms with Crippen molar-refractivity contribution < 1.29 is 9.47 Å². The third kappa shape index (κ3) is 3.89. The van der Waals surface area contributed by atoms with Crippen LogP contribution in [-0.4, -0.2) is 14.2 Å². The van der Waals surface area contributed by atoms with E-state index in [0.717, 1.165) is 17.7 Å². The highest BCUT2D eigenvalue weighted by atomic mass is 35.5. The number of rotatable bonds is 5. The number of benzene rings is 2. The summed E-state index contributed by atoms with van der Waals surface area (Å²) >= 11 is 0. The minimum atomic E-state index is -0.0535. The first-order valence-electron chi connectivity index (χ1n) is 6.26. The van der Waals surface area contributed by atoms with Crippen LogP contribution in [0.1, 0.15) is 17.2 Å². The summed E-state index contributed by atoms with van der Waals surface area (Å²) in [5.74, 6) is 1.43. The molecule has 1 atom stereocenters. The van der Waals surface area contributed by atoms with Crippen LogP contribution < -0.4 is 15.2 Å². The van der Waals surface area contributed by atoms with Gasteiger partial charge in [0.15, 0.2) is 11.5 Å². The van der Waals surface area contributed by atoms with E-state index >= 15 is 0 Å². The molecule has 2 aromatic rings. The Kier molecular flexibility index (Phi) is 6.36. The number of hydrogen-bond donors (Lipinski definition) is 1.